The molecule has 29 heavy (non-hydrogen) atoms. The molecule has 0 saturated heterocycles. The third-order valence-electron chi connectivity index (χ3n) is 5.32. The van der Waals surface area contributed by atoms with Crippen LogP contribution in [0.3, 0.4) is 0 Å². The van der Waals surface area contributed by atoms with Gasteiger partial charge < -0.3 is 30.9 Å². The zero-order valence-corrected chi connectivity index (χ0v) is 21.0. The van der Waals surface area contributed by atoms with Gasteiger partial charge in [0, 0.05) is 19.2 Å². The van der Waals surface area contributed by atoms with Gasteiger partial charge in [-0.15, -0.1) is 0 Å². The lowest BCUT2D eigenvalue weighted by molar-refractivity contribution is -0.890. The number of rotatable bonds is 16. The van der Waals surface area contributed by atoms with Gasteiger partial charge in [-0.3, -0.25) is 4.99 Å². The first-order valence-electron chi connectivity index (χ1n) is 11.1. The molecule has 0 saturated carbocycles. The summed E-state index contributed by atoms with van der Waals surface area (Å²) in [4.78, 5) is 4.59. The lowest BCUT2D eigenvalue weighted by atomic mass is 10.1. The van der Waals surface area contributed by atoms with E-state index >= 15 is 0 Å². The maximum absolute atomic E-state index is 5.34. The van der Waals surface area contributed by atoms with Crippen molar-refractivity contribution >= 4 is 6.21 Å². The Morgan fingerprint density at radius 3 is 2.03 bits per heavy atom. The highest BCUT2D eigenvalue weighted by atomic mass is 79.9. The van der Waals surface area contributed by atoms with Gasteiger partial charge >= 0.3 is 0 Å². The number of quaternary nitrogens is 1. The van der Waals surface area contributed by atoms with Crippen LogP contribution in [0.2, 0.25) is 0 Å². The Bertz CT molecular complexity index is 562. The van der Waals surface area contributed by atoms with Crippen molar-refractivity contribution < 1.29 is 30.9 Å². The Labute approximate surface area is 190 Å². The van der Waals surface area contributed by atoms with Crippen LogP contribution >= 0.6 is 0 Å². The summed E-state index contributed by atoms with van der Waals surface area (Å²) < 4.78 is 11.7. The smallest absolute Gasteiger partial charge is 0.161 e. The summed E-state index contributed by atoms with van der Waals surface area (Å²) in [6.07, 6.45) is 14.2. The summed E-state index contributed by atoms with van der Waals surface area (Å²) in [6.45, 7) is 5.60. The van der Waals surface area contributed by atoms with Crippen molar-refractivity contribution in [2.75, 3.05) is 47.9 Å². The van der Waals surface area contributed by atoms with Gasteiger partial charge in [-0.2, -0.15) is 0 Å². The molecule has 0 aliphatic heterocycles. The third-order valence-corrected chi connectivity index (χ3v) is 5.32. The van der Waals surface area contributed by atoms with Crippen LogP contribution in [0.4, 0.5) is 0 Å². The predicted molar refractivity (Wildman–Crippen MR) is 121 cm³/mol. The second-order valence-electron chi connectivity index (χ2n) is 8.36. The maximum Gasteiger partial charge on any atom is 0.161 e. The van der Waals surface area contributed by atoms with Crippen LogP contribution in [-0.2, 0) is 0 Å². The summed E-state index contributed by atoms with van der Waals surface area (Å²) in [7, 11) is 8.00. The second kappa shape index (κ2) is 16.7. The van der Waals surface area contributed by atoms with Gasteiger partial charge in [0.2, 0.25) is 0 Å². The topological polar surface area (TPSA) is 30.8 Å². The molecule has 168 valence electrons. The van der Waals surface area contributed by atoms with E-state index in [1.165, 1.54) is 64.5 Å². The van der Waals surface area contributed by atoms with Crippen molar-refractivity contribution in [1.29, 1.82) is 0 Å². The summed E-state index contributed by atoms with van der Waals surface area (Å²) in [6, 6.07) is 5.89. The highest BCUT2D eigenvalue weighted by Gasteiger charge is 2.13. The fourth-order valence-electron chi connectivity index (χ4n) is 3.48. The Morgan fingerprint density at radius 2 is 1.41 bits per heavy atom. The van der Waals surface area contributed by atoms with Crippen molar-refractivity contribution in [3.05, 3.63) is 23.8 Å². The van der Waals surface area contributed by atoms with E-state index in [1.807, 2.05) is 24.4 Å². The van der Waals surface area contributed by atoms with Gasteiger partial charge in [0.15, 0.2) is 11.5 Å². The zero-order valence-electron chi connectivity index (χ0n) is 19.4. The van der Waals surface area contributed by atoms with Crippen molar-refractivity contribution in [3.8, 4) is 11.5 Å². The normalized spacial score (nSPS) is 11.5. The Kier molecular flexibility index (Phi) is 16.1. The molecule has 0 radical (unpaired) electrons. The molecule has 0 aliphatic rings. The first kappa shape index (κ1) is 27.9. The minimum Gasteiger partial charge on any atom is -1.00 e. The number of benzene rings is 1. The molecule has 0 aromatic heterocycles. The molecule has 0 N–H and O–H groups in total. The fraction of sp³-hybridized carbons (Fsp3) is 0.708. The minimum absolute atomic E-state index is 0. The molecule has 0 atom stereocenters. The first-order valence-corrected chi connectivity index (χ1v) is 11.1. The molecule has 0 bridgehead atoms. The van der Waals surface area contributed by atoms with Crippen molar-refractivity contribution in [1.82, 2.24) is 0 Å². The van der Waals surface area contributed by atoms with Crippen LogP contribution in [0, 0.1) is 0 Å². The number of aliphatic imine (C=N–C) groups is 1. The molecule has 0 amide bonds. The standard InChI is InChI=1S/C24H43N2O2.BrH/c1-6-7-8-9-10-11-12-13-18-26(2,3)19-14-17-25-21-22-15-16-23(27-4)24(20-22)28-5;/h15-16,20-21H,6-14,17-19H2,1-5H3;1H/q+1;/p-1. The van der Waals surface area contributed by atoms with Gasteiger partial charge in [0.1, 0.15) is 0 Å². The molecular formula is C24H43BrN2O2. The van der Waals surface area contributed by atoms with Gasteiger partial charge in [0.05, 0.1) is 41.4 Å². The SMILES string of the molecule is CCCCCCCCCC[N+](C)(C)CCCN=Cc1ccc(OC)c(OC)c1.[Br-]. The molecule has 5 heteroatoms. The van der Waals surface area contributed by atoms with Crippen LogP contribution in [0.25, 0.3) is 0 Å². The van der Waals surface area contributed by atoms with Gasteiger partial charge in [-0.1, -0.05) is 45.4 Å². The predicted octanol–water partition coefficient (Wildman–Crippen LogP) is 2.73. The molecule has 0 fully saturated rings. The molecule has 1 aromatic rings. The molecule has 1 rings (SSSR count). The van der Waals surface area contributed by atoms with Crippen LogP contribution in [0.1, 0.15) is 70.3 Å². The average Bonchev–Trinajstić information content (AvgIpc) is 2.69. The molecule has 1 aromatic carbocycles. The first-order chi connectivity index (χ1) is 13.5. The van der Waals surface area contributed by atoms with Gasteiger partial charge in [0.25, 0.3) is 0 Å². The van der Waals surface area contributed by atoms with E-state index in [4.69, 9.17) is 9.47 Å². The number of ether oxygens (including phenoxy) is 2. The molecule has 0 spiro atoms. The summed E-state index contributed by atoms with van der Waals surface area (Å²) in [5.41, 5.74) is 1.05. The van der Waals surface area contributed by atoms with E-state index in [9.17, 15) is 0 Å². The number of nitrogens with zero attached hydrogens (tertiary/aromatic N) is 2. The molecule has 4 nitrogen and oxygen atoms in total. The monoisotopic (exact) mass is 470 g/mol. The van der Waals surface area contributed by atoms with Crippen molar-refractivity contribution in [2.24, 2.45) is 4.99 Å². The number of hydrogen-bond donors (Lipinski definition) is 0. The van der Waals surface area contributed by atoms with E-state index in [0.717, 1.165) is 34.5 Å². The van der Waals surface area contributed by atoms with E-state index in [-0.39, 0.29) is 17.0 Å². The Balaban J connectivity index is 0.00000784. The van der Waals surface area contributed by atoms with E-state index in [2.05, 4.69) is 26.0 Å². The Hall–Kier alpha value is -1.07. The van der Waals surface area contributed by atoms with Crippen molar-refractivity contribution in [3.63, 3.8) is 0 Å². The van der Waals surface area contributed by atoms with Gasteiger partial charge in [-0.05, 0) is 36.6 Å². The lowest BCUT2D eigenvalue weighted by Gasteiger charge is -2.29. The lowest BCUT2D eigenvalue weighted by Crippen LogP contribution is -3.00. The highest BCUT2D eigenvalue weighted by Crippen LogP contribution is 2.26. The quantitative estimate of drug-likeness (QED) is 0.211. The largest absolute Gasteiger partial charge is 1.00 e. The molecule has 0 aliphatic carbocycles. The van der Waals surface area contributed by atoms with Gasteiger partial charge in [-0.25, -0.2) is 0 Å². The van der Waals surface area contributed by atoms with Crippen LogP contribution in [-0.4, -0.2) is 58.6 Å². The van der Waals surface area contributed by atoms with E-state index in [0.29, 0.717) is 0 Å². The molecule has 0 unspecified atom stereocenters. The Morgan fingerprint density at radius 1 is 0.828 bits per heavy atom. The van der Waals surface area contributed by atoms with E-state index < -0.39 is 0 Å². The number of hydrogen-bond acceptors (Lipinski definition) is 3. The number of unbranched alkanes of at least 4 members (excludes halogenated alkanes) is 7. The summed E-state index contributed by atoms with van der Waals surface area (Å²) in [5.74, 6) is 1.49. The maximum atomic E-state index is 5.34. The fourth-order valence-corrected chi connectivity index (χ4v) is 3.48. The van der Waals surface area contributed by atoms with Crippen LogP contribution in [0.15, 0.2) is 23.2 Å². The number of halogens is 1. The third kappa shape index (κ3) is 13.0. The summed E-state index contributed by atoms with van der Waals surface area (Å²) >= 11 is 0. The number of methoxy groups -OCH3 is 2. The second-order valence-corrected chi connectivity index (χ2v) is 8.36. The van der Waals surface area contributed by atoms with E-state index in [1.54, 1.807) is 14.2 Å². The summed E-state index contributed by atoms with van der Waals surface area (Å²) in [5, 5.41) is 0. The van der Waals surface area contributed by atoms with Crippen LogP contribution < -0.4 is 26.5 Å². The average molecular weight is 472 g/mol. The molecular weight excluding hydrogens is 428 g/mol. The molecule has 0 heterocycles. The minimum atomic E-state index is 0. The zero-order chi connectivity index (χ0) is 20.7. The highest BCUT2D eigenvalue weighted by molar-refractivity contribution is 5.80. The van der Waals surface area contributed by atoms with Crippen LogP contribution in [0.5, 0.6) is 11.5 Å². The van der Waals surface area contributed by atoms with Crippen molar-refractivity contribution in [2.45, 2.75) is 64.7 Å².